The standard InChI is InChI=1S/C17H21FO5S/c1-10(2)22-15-14(17(3,4)23-16(15)19)11-6-7-13(24(5,20)21)12(8-11)9-18/h6-8,10H,9H2,1-5H3. The largest absolute Gasteiger partial charge is 0.484 e. The number of halogens is 1. The molecule has 1 aliphatic rings. The second-order valence-corrected chi connectivity index (χ2v) is 8.48. The third-order valence-corrected chi connectivity index (χ3v) is 4.81. The van der Waals surface area contributed by atoms with E-state index in [0.29, 0.717) is 11.1 Å². The molecule has 2 rings (SSSR count). The molecule has 7 heteroatoms. The van der Waals surface area contributed by atoms with Gasteiger partial charge in [0, 0.05) is 11.8 Å². The monoisotopic (exact) mass is 356 g/mol. The molecule has 0 radical (unpaired) electrons. The molecule has 0 saturated carbocycles. The summed E-state index contributed by atoms with van der Waals surface area (Å²) in [5, 5.41) is 0. The van der Waals surface area contributed by atoms with E-state index in [0.717, 1.165) is 6.26 Å². The second kappa shape index (κ2) is 6.20. The van der Waals surface area contributed by atoms with Crippen LogP contribution in [0.25, 0.3) is 5.57 Å². The van der Waals surface area contributed by atoms with Crippen molar-refractivity contribution in [2.24, 2.45) is 0 Å². The highest BCUT2D eigenvalue weighted by atomic mass is 32.2. The summed E-state index contributed by atoms with van der Waals surface area (Å²) < 4.78 is 47.8. The number of alkyl halides is 1. The minimum atomic E-state index is -3.54. The van der Waals surface area contributed by atoms with Crippen molar-refractivity contribution in [2.75, 3.05) is 6.26 Å². The number of rotatable bonds is 5. The predicted molar refractivity (Wildman–Crippen MR) is 87.7 cm³/mol. The molecule has 0 unspecified atom stereocenters. The molecule has 0 saturated heterocycles. The van der Waals surface area contributed by atoms with Gasteiger partial charge in [0.05, 0.1) is 16.6 Å². The van der Waals surface area contributed by atoms with Crippen molar-refractivity contribution < 1.29 is 27.1 Å². The number of benzene rings is 1. The number of esters is 1. The SMILES string of the molecule is CC(C)OC1=C(c2ccc(S(C)(=O)=O)c(CF)c2)C(C)(C)OC1=O. The Kier molecular flexibility index (Phi) is 4.77. The van der Waals surface area contributed by atoms with E-state index >= 15 is 0 Å². The van der Waals surface area contributed by atoms with Crippen LogP contribution in [-0.4, -0.2) is 32.3 Å². The smallest absolute Gasteiger partial charge is 0.374 e. The Hall–Kier alpha value is -1.89. The molecule has 0 bridgehead atoms. The number of cyclic esters (lactones) is 1. The average Bonchev–Trinajstić information content (AvgIpc) is 2.65. The van der Waals surface area contributed by atoms with E-state index in [1.54, 1.807) is 27.7 Å². The Labute approximate surface area is 141 Å². The zero-order valence-corrected chi connectivity index (χ0v) is 15.2. The first-order valence-electron chi connectivity index (χ1n) is 7.51. The Balaban J connectivity index is 2.67. The molecule has 24 heavy (non-hydrogen) atoms. The van der Waals surface area contributed by atoms with Gasteiger partial charge in [0.1, 0.15) is 12.3 Å². The van der Waals surface area contributed by atoms with Crippen LogP contribution in [0.2, 0.25) is 0 Å². The van der Waals surface area contributed by atoms with Crippen LogP contribution in [0.1, 0.15) is 38.8 Å². The molecule has 0 spiro atoms. The zero-order chi connectivity index (χ0) is 18.3. The quantitative estimate of drug-likeness (QED) is 0.759. The van der Waals surface area contributed by atoms with Crippen molar-refractivity contribution in [3.8, 4) is 0 Å². The van der Waals surface area contributed by atoms with Gasteiger partial charge in [-0.1, -0.05) is 6.07 Å². The predicted octanol–water partition coefficient (Wildman–Crippen LogP) is 3.03. The molecule has 0 N–H and O–H groups in total. The molecular formula is C17H21FO5S. The summed E-state index contributed by atoms with van der Waals surface area (Å²) in [5.74, 6) is -0.510. The van der Waals surface area contributed by atoms with E-state index in [-0.39, 0.29) is 22.3 Å². The molecule has 0 fully saturated rings. The molecular weight excluding hydrogens is 335 g/mol. The van der Waals surface area contributed by atoms with Crippen LogP contribution < -0.4 is 0 Å². The summed E-state index contributed by atoms with van der Waals surface area (Å²) in [6, 6.07) is 4.32. The van der Waals surface area contributed by atoms with E-state index in [9.17, 15) is 17.6 Å². The van der Waals surface area contributed by atoms with Crippen molar-refractivity contribution >= 4 is 21.4 Å². The van der Waals surface area contributed by atoms with Crippen LogP contribution in [-0.2, 0) is 30.8 Å². The molecule has 1 aromatic rings. The lowest BCUT2D eigenvalue weighted by Gasteiger charge is -2.22. The van der Waals surface area contributed by atoms with Crippen molar-refractivity contribution in [3.63, 3.8) is 0 Å². The highest BCUT2D eigenvalue weighted by Crippen LogP contribution is 2.41. The molecule has 5 nitrogen and oxygen atoms in total. The lowest BCUT2D eigenvalue weighted by atomic mass is 9.91. The highest BCUT2D eigenvalue weighted by molar-refractivity contribution is 7.90. The fourth-order valence-corrected chi connectivity index (χ4v) is 3.63. The minimum Gasteiger partial charge on any atom is -0.484 e. The second-order valence-electron chi connectivity index (χ2n) is 6.50. The maximum absolute atomic E-state index is 13.3. The first-order valence-corrected chi connectivity index (χ1v) is 9.40. The Bertz CT molecular complexity index is 806. The van der Waals surface area contributed by atoms with Gasteiger partial charge in [0.2, 0.25) is 5.76 Å². The first kappa shape index (κ1) is 18.4. The molecule has 1 heterocycles. The third kappa shape index (κ3) is 3.45. The summed E-state index contributed by atoms with van der Waals surface area (Å²) >= 11 is 0. The van der Waals surface area contributed by atoms with E-state index < -0.39 is 28.1 Å². The number of ether oxygens (including phenoxy) is 2. The molecule has 0 atom stereocenters. The van der Waals surface area contributed by atoms with Crippen LogP contribution >= 0.6 is 0 Å². The normalized spacial score (nSPS) is 17.4. The fourth-order valence-electron chi connectivity index (χ4n) is 2.73. The van der Waals surface area contributed by atoms with Crippen LogP contribution in [0.5, 0.6) is 0 Å². The van der Waals surface area contributed by atoms with Gasteiger partial charge in [0.15, 0.2) is 9.84 Å². The van der Waals surface area contributed by atoms with Gasteiger partial charge < -0.3 is 9.47 Å². The van der Waals surface area contributed by atoms with Crippen LogP contribution in [0.3, 0.4) is 0 Å². The van der Waals surface area contributed by atoms with Gasteiger partial charge >= 0.3 is 5.97 Å². The van der Waals surface area contributed by atoms with E-state index in [1.165, 1.54) is 18.2 Å². The maximum Gasteiger partial charge on any atom is 0.374 e. The van der Waals surface area contributed by atoms with Gasteiger partial charge in [-0.15, -0.1) is 0 Å². The zero-order valence-electron chi connectivity index (χ0n) is 14.3. The first-order chi connectivity index (χ1) is 11.0. The lowest BCUT2D eigenvalue weighted by molar-refractivity contribution is -0.147. The Morgan fingerprint density at radius 2 is 1.92 bits per heavy atom. The van der Waals surface area contributed by atoms with Gasteiger partial charge in [0.25, 0.3) is 0 Å². The topological polar surface area (TPSA) is 69.7 Å². The number of carbonyl (C=O) groups is 1. The van der Waals surface area contributed by atoms with E-state index in [2.05, 4.69) is 0 Å². The summed E-state index contributed by atoms with van der Waals surface area (Å²) in [7, 11) is -3.54. The summed E-state index contributed by atoms with van der Waals surface area (Å²) in [5.41, 5.74) is 0.0700. The molecule has 1 aromatic carbocycles. The Morgan fingerprint density at radius 1 is 1.29 bits per heavy atom. The van der Waals surface area contributed by atoms with Crippen LogP contribution in [0.4, 0.5) is 4.39 Å². The molecule has 1 aliphatic heterocycles. The van der Waals surface area contributed by atoms with E-state index in [4.69, 9.17) is 9.47 Å². The number of hydrogen-bond donors (Lipinski definition) is 0. The van der Waals surface area contributed by atoms with Gasteiger partial charge in [-0.05, 0) is 45.4 Å². The fraction of sp³-hybridized carbons (Fsp3) is 0.471. The summed E-state index contributed by atoms with van der Waals surface area (Å²) in [6.45, 7) is 6.04. The van der Waals surface area contributed by atoms with Crippen molar-refractivity contribution in [1.29, 1.82) is 0 Å². The molecule has 0 aromatic heterocycles. The minimum absolute atomic E-state index is 0.0431. The number of carbonyl (C=O) groups excluding carboxylic acids is 1. The highest BCUT2D eigenvalue weighted by Gasteiger charge is 2.43. The summed E-state index contributed by atoms with van der Waals surface area (Å²) in [4.78, 5) is 12.0. The van der Waals surface area contributed by atoms with Crippen LogP contribution in [0.15, 0.2) is 28.9 Å². The third-order valence-electron chi connectivity index (χ3n) is 3.61. The average molecular weight is 356 g/mol. The molecule has 0 amide bonds. The molecule has 0 aliphatic carbocycles. The van der Waals surface area contributed by atoms with Crippen molar-refractivity contribution in [1.82, 2.24) is 0 Å². The number of sulfone groups is 1. The van der Waals surface area contributed by atoms with E-state index in [1.807, 2.05) is 0 Å². The van der Waals surface area contributed by atoms with Crippen molar-refractivity contribution in [2.45, 2.75) is 51.0 Å². The van der Waals surface area contributed by atoms with Gasteiger partial charge in [-0.3, -0.25) is 0 Å². The van der Waals surface area contributed by atoms with Gasteiger partial charge in [-0.2, -0.15) is 0 Å². The lowest BCUT2D eigenvalue weighted by Crippen LogP contribution is -2.22. The Morgan fingerprint density at radius 3 is 2.42 bits per heavy atom. The van der Waals surface area contributed by atoms with Crippen molar-refractivity contribution in [3.05, 3.63) is 35.1 Å². The van der Waals surface area contributed by atoms with Crippen LogP contribution in [0, 0.1) is 0 Å². The number of hydrogen-bond acceptors (Lipinski definition) is 5. The molecule has 132 valence electrons. The van der Waals surface area contributed by atoms with Gasteiger partial charge in [-0.25, -0.2) is 17.6 Å². The maximum atomic E-state index is 13.3. The summed E-state index contributed by atoms with van der Waals surface area (Å²) in [6.07, 6.45) is 0.785.